The molecule has 0 radical (unpaired) electrons. The first kappa shape index (κ1) is 12.2. The van der Waals surface area contributed by atoms with E-state index in [1.807, 2.05) is 36.4 Å². The summed E-state index contributed by atoms with van der Waals surface area (Å²) in [5, 5.41) is 0. The molecule has 2 aromatic carbocycles. The fourth-order valence-electron chi connectivity index (χ4n) is 1.94. The van der Waals surface area contributed by atoms with Gasteiger partial charge in [0.25, 0.3) is 0 Å². The van der Waals surface area contributed by atoms with Crippen molar-refractivity contribution in [3.63, 3.8) is 0 Å². The number of anilines is 1. The highest BCUT2D eigenvalue weighted by molar-refractivity contribution is 7.99. The normalized spacial score (nSPS) is 13.3. The first-order valence-corrected chi connectivity index (χ1v) is 6.98. The summed E-state index contributed by atoms with van der Waals surface area (Å²) < 4.78 is 11.1. The van der Waals surface area contributed by atoms with Crippen LogP contribution in [0.5, 0.6) is 11.5 Å². The molecule has 1 heterocycles. The van der Waals surface area contributed by atoms with E-state index in [9.17, 15) is 0 Å². The van der Waals surface area contributed by atoms with Crippen molar-refractivity contribution in [3.8, 4) is 11.5 Å². The van der Waals surface area contributed by atoms with E-state index in [0.717, 1.165) is 27.0 Å². The van der Waals surface area contributed by atoms with Crippen molar-refractivity contribution in [1.29, 1.82) is 0 Å². The SMILES string of the molecule is Cc1ccc(N)cc1Sc1ccc2c(c1)OCCO2. The summed E-state index contributed by atoms with van der Waals surface area (Å²) >= 11 is 1.69. The van der Waals surface area contributed by atoms with Crippen LogP contribution in [-0.2, 0) is 0 Å². The summed E-state index contributed by atoms with van der Waals surface area (Å²) in [6.45, 7) is 3.31. The van der Waals surface area contributed by atoms with Crippen LogP contribution in [0.3, 0.4) is 0 Å². The molecular formula is C15H15NO2S. The molecule has 0 amide bonds. The number of benzene rings is 2. The quantitative estimate of drug-likeness (QED) is 0.851. The van der Waals surface area contributed by atoms with E-state index < -0.39 is 0 Å². The van der Waals surface area contributed by atoms with E-state index in [-0.39, 0.29) is 0 Å². The minimum atomic E-state index is 0.610. The molecule has 2 aromatic rings. The monoisotopic (exact) mass is 273 g/mol. The maximum atomic E-state index is 5.83. The molecule has 98 valence electrons. The standard InChI is InChI=1S/C15H15NO2S/c1-10-2-3-11(16)8-15(10)19-12-4-5-13-14(9-12)18-7-6-17-13/h2-5,8-9H,6-7,16H2,1H3. The predicted octanol–water partition coefficient (Wildman–Crippen LogP) is 3.50. The van der Waals surface area contributed by atoms with Crippen molar-refractivity contribution in [2.45, 2.75) is 16.7 Å². The van der Waals surface area contributed by atoms with Crippen molar-refractivity contribution >= 4 is 17.4 Å². The third-order valence-corrected chi connectivity index (χ3v) is 4.10. The summed E-state index contributed by atoms with van der Waals surface area (Å²) in [5.41, 5.74) is 7.83. The lowest BCUT2D eigenvalue weighted by molar-refractivity contribution is 0.171. The number of ether oxygens (including phenoxy) is 2. The Morgan fingerprint density at radius 1 is 1.00 bits per heavy atom. The number of aryl methyl sites for hydroxylation is 1. The third-order valence-electron chi connectivity index (χ3n) is 2.95. The molecule has 0 saturated heterocycles. The molecule has 1 aliphatic heterocycles. The second kappa shape index (κ2) is 5.05. The lowest BCUT2D eigenvalue weighted by atomic mass is 10.2. The van der Waals surface area contributed by atoms with Gasteiger partial charge in [0.05, 0.1) is 0 Å². The maximum Gasteiger partial charge on any atom is 0.162 e. The van der Waals surface area contributed by atoms with Crippen LogP contribution in [0.15, 0.2) is 46.2 Å². The molecule has 3 rings (SSSR count). The molecule has 2 N–H and O–H groups in total. The number of nitrogens with two attached hydrogens (primary N) is 1. The van der Waals surface area contributed by atoms with Crippen LogP contribution in [-0.4, -0.2) is 13.2 Å². The van der Waals surface area contributed by atoms with Crippen molar-refractivity contribution in [2.24, 2.45) is 0 Å². The molecule has 0 saturated carbocycles. The highest BCUT2D eigenvalue weighted by Crippen LogP contribution is 2.38. The number of fused-ring (bicyclic) bond motifs is 1. The first-order valence-electron chi connectivity index (χ1n) is 6.16. The number of rotatable bonds is 2. The fourth-order valence-corrected chi connectivity index (χ4v) is 2.92. The molecule has 0 aromatic heterocycles. The molecule has 3 nitrogen and oxygen atoms in total. The summed E-state index contributed by atoms with van der Waals surface area (Å²) in [5.74, 6) is 1.64. The zero-order valence-electron chi connectivity index (χ0n) is 10.7. The van der Waals surface area contributed by atoms with Gasteiger partial charge in [0.15, 0.2) is 11.5 Å². The van der Waals surface area contributed by atoms with E-state index in [0.29, 0.717) is 13.2 Å². The zero-order valence-corrected chi connectivity index (χ0v) is 11.5. The summed E-state index contributed by atoms with van der Waals surface area (Å²) in [4.78, 5) is 2.29. The Hall–Kier alpha value is -1.81. The number of nitrogen functional groups attached to an aromatic ring is 1. The topological polar surface area (TPSA) is 44.5 Å². The maximum absolute atomic E-state index is 5.83. The summed E-state index contributed by atoms with van der Waals surface area (Å²) in [6.07, 6.45) is 0. The van der Waals surface area contributed by atoms with E-state index in [2.05, 4.69) is 6.92 Å². The lowest BCUT2D eigenvalue weighted by Gasteiger charge is -2.18. The van der Waals surface area contributed by atoms with E-state index in [1.54, 1.807) is 11.8 Å². The van der Waals surface area contributed by atoms with Crippen molar-refractivity contribution in [1.82, 2.24) is 0 Å². The van der Waals surface area contributed by atoms with Crippen LogP contribution in [0.2, 0.25) is 0 Å². The van der Waals surface area contributed by atoms with E-state index in [1.165, 1.54) is 5.56 Å². The van der Waals surface area contributed by atoms with E-state index in [4.69, 9.17) is 15.2 Å². The molecule has 0 spiro atoms. The van der Waals surface area contributed by atoms with Gasteiger partial charge in [-0.2, -0.15) is 0 Å². The molecule has 0 bridgehead atoms. The second-order valence-electron chi connectivity index (χ2n) is 4.43. The van der Waals surface area contributed by atoms with Gasteiger partial charge >= 0.3 is 0 Å². The van der Waals surface area contributed by atoms with Crippen LogP contribution in [0.1, 0.15) is 5.56 Å². The van der Waals surface area contributed by atoms with Gasteiger partial charge in [-0.05, 0) is 42.8 Å². The van der Waals surface area contributed by atoms with Crippen molar-refractivity contribution in [2.75, 3.05) is 18.9 Å². The van der Waals surface area contributed by atoms with Gasteiger partial charge in [-0.15, -0.1) is 0 Å². The van der Waals surface area contributed by atoms with Gasteiger partial charge in [-0.1, -0.05) is 17.8 Å². The Bertz CT molecular complexity index is 613. The van der Waals surface area contributed by atoms with Gasteiger partial charge in [0, 0.05) is 15.5 Å². The molecule has 19 heavy (non-hydrogen) atoms. The average Bonchev–Trinajstić information content (AvgIpc) is 2.43. The smallest absolute Gasteiger partial charge is 0.162 e. The zero-order chi connectivity index (χ0) is 13.2. The van der Waals surface area contributed by atoms with Crippen LogP contribution in [0.4, 0.5) is 5.69 Å². The highest BCUT2D eigenvalue weighted by Gasteiger charge is 2.12. The van der Waals surface area contributed by atoms with Gasteiger partial charge in [0.1, 0.15) is 13.2 Å². The lowest BCUT2D eigenvalue weighted by Crippen LogP contribution is -2.15. The van der Waals surface area contributed by atoms with Crippen LogP contribution in [0, 0.1) is 6.92 Å². The van der Waals surface area contributed by atoms with Gasteiger partial charge in [0.2, 0.25) is 0 Å². The molecule has 0 unspecified atom stereocenters. The number of hydrogen-bond donors (Lipinski definition) is 1. The molecule has 0 atom stereocenters. The molecule has 4 heteroatoms. The highest BCUT2D eigenvalue weighted by atomic mass is 32.2. The molecular weight excluding hydrogens is 258 g/mol. The summed E-state index contributed by atoms with van der Waals surface area (Å²) in [7, 11) is 0. The minimum absolute atomic E-state index is 0.610. The van der Waals surface area contributed by atoms with Crippen molar-refractivity contribution < 1.29 is 9.47 Å². The van der Waals surface area contributed by atoms with Crippen LogP contribution >= 0.6 is 11.8 Å². The Morgan fingerprint density at radius 2 is 1.79 bits per heavy atom. The summed E-state index contributed by atoms with van der Waals surface area (Å²) in [6, 6.07) is 12.0. The van der Waals surface area contributed by atoms with Crippen molar-refractivity contribution in [3.05, 3.63) is 42.0 Å². The molecule has 1 aliphatic rings. The van der Waals surface area contributed by atoms with Crippen LogP contribution < -0.4 is 15.2 Å². The Labute approximate surface area is 116 Å². The van der Waals surface area contributed by atoms with Gasteiger partial charge < -0.3 is 15.2 Å². The Balaban J connectivity index is 1.89. The fraction of sp³-hybridized carbons (Fsp3) is 0.200. The van der Waals surface area contributed by atoms with Gasteiger partial charge in [-0.25, -0.2) is 0 Å². The third kappa shape index (κ3) is 2.63. The first-order chi connectivity index (χ1) is 9.22. The molecule has 0 aliphatic carbocycles. The number of hydrogen-bond acceptors (Lipinski definition) is 4. The van der Waals surface area contributed by atoms with E-state index >= 15 is 0 Å². The Kier molecular flexibility index (Phi) is 3.25. The van der Waals surface area contributed by atoms with Gasteiger partial charge in [-0.3, -0.25) is 0 Å². The molecule has 0 fully saturated rings. The average molecular weight is 273 g/mol. The largest absolute Gasteiger partial charge is 0.486 e. The Morgan fingerprint density at radius 3 is 2.63 bits per heavy atom. The second-order valence-corrected chi connectivity index (χ2v) is 5.55. The van der Waals surface area contributed by atoms with Crippen LogP contribution in [0.25, 0.3) is 0 Å². The predicted molar refractivity (Wildman–Crippen MR) is 77.1 cm³/mol. The minimum Gasteiger partial charge on any atom is -0.486 e.